The molecule has 0 heterocycles. The van der Waals surface area contributed by atoms with Crippen LogP contribution in [0.2, 0.25) is 5.02 Å². The van der Waals surface area contributed by atoms with Gasteiger partial charge in [0, 0.05) is 0 Å². The summed E-state index contributed by atoms with van der Waals surface area (Å²) in [6.45, 7) is 0. The van der Waals surface area contributed by atoms with Crippen LogP contribution >= 0.6 is 11.6 Å². The van der Waals surface area contributed by atoms with E-state index in [0.29, 0.717) is 0 Å². The zero-order valence-electron chi connectivity index (χ0n) is 12.7. The maximum absolute atomic E-state index is 13.8. The third kappa shape index (κ3) is 3.63. The summed E-state index contributed by atoms with van der Waals surface area (Å²) >= 11 is 5.61. The minimum absolute atomic E-state index is 0.0296. The van der Waals surface area contributed by atoms with Crippen molar-refractivity contribution in [2.45, 2.75) is 4.90 Å². The molecule has 0 radical (unpaired) electrons. The standard InChI is InChI=1S/C17H12ClFN2O3S/c18-15-7-3-6-14(16(15)19)17(22)20-21-25(23,24)13-9-8-11-4-1-2-5-12(11)10-13/h1-10,21H,(H,20,22). The van der Waals surface area contributed by atoms with Crippen LogP contribution in [0.15, 0.2) is 65.6 Å². The van der Waals surface area contributed by atoms with Crippen molar-refractivity contribution in [1.82, 2.24) is 10.3 Å². The molecular formula is C17H12ClFN2O3S. The van der Waals surface area contributed by atoms with Crippen molar-refractivity contribution >= 4 is 38.3 Å². The van der Waals surface area contributed by atoms with E-state index >= 15 is 0 Å². The number of halogens is 2. The van der Waals surface area contributed by atoms with E-state index in [9.17, 15) is 17.6 Å². The van der Waals surface area contributed by atoms with Crippen molar-refractivity contribution in [3.8, 4) is 0 Å². The number of hydrogen-bond acceptors (Lipinski definition) is 3. The zero-order valence-corrected chi connectivity index (χ0v) is 14.2. The highest BCUT2D eigenvalue weighted by atomic mass is 35.5. The lowest BCUT2D eigenvalue weighted by molar-refractivity contribution is 0.0941. The smallest absolute Gasteiger partial charge is 0.269 e. The van der Waals surface area contributed by atoms with Crippen LogP contribution in [-0.2, 0) is 10.0 Å². The second-order valence-electron chi connectivity index (χ2n) is 5.17. The Morgan fingerprint density at radius 2 is 1.68 bits per heavy atom. The maximum atomic E-state index is 13.8. The van der Waals surface area contributed by atoms with Crippen molar-refractivity contribution in [3.05, 3.63) is 77.1 Å². The van der Waals surface area contributed by atoms with Crippen LogP contribution < -0.4 is 10.3 Å². The molecule has 3 aromatic rings. The number of carbonyl (C=O) groups excluding carboxylic acids is 1. The molecule has 0 atom stereocenters. The van der Waals surface area contributed by atoms with Gasteiger partial charge >= 0.3 is 0 Å². The van der Waals surface area contributed by atoms with Gasteiger partial charge in [0.05, 0.1) is 15.5 Å². The molecule has 2 N–H and O–H groups in total. The van der Waals surface area contributed by atoms with E-state index in [-0.39, 0.29) is 15.5 Å². The summed E-state index contributed by atoms with van der Waals surface area (Å²) in [5.41, 5.74) is 1.61. The van der Waals surface area contributed by atoms with Gasteiger partial charge in [-0.25, -0.2) is 12.8 Å². The van der Waals surface area contributed by atoms with E-state index in [1.54, 1.807) is 18.2 Å². The van der Waals surface area contributed by atoms with Crippen molar-refractivity contribution in [2.75, 3.05) is 0 Å². The molecule has 5 nitrogen and oxygen atoms in total. The highest BCUT2D eigenvalue weighted by molar-refractivity contribution is 7.89. The molecule has 25 heavy (non-hydrogen) atoms. The molecule has 3 aromatic carbocycles. The average Bonchev–Trinajstić information content (AvgIpc) is 2.61. The summed E-state index contributed by atoms with van der Waals surface area (Å²) in [7, 11) is -4.02. The van der Waals surface area contributed by atoms with Gasteiger partial charge in [0.15, 0.2) is 5.82 Å². The van der Waals surface area contributed by atoms with Crippen molar-refractivity contribution in [2.24, 2.45) is 0 Å². The number of carbonyl (C=O) groups is 1. The summed E-state index contributed by atoms with van der Waals surface area (Å²) in [5, 5.41) is 1.38. The van der Waals surface area contributed by atoms with Crippen LogP contribution in [0.3, 0.4) is 0 Å². The van der Waals surface area contributed by atoms with Crippen molar-refractivity contribution in [1.29, 1.82) is 0 Å². The van der Waals surface area contributed by atoms with Crippen LogP contribution in [-0.4, -0.2) is 14.3 Å². The highest BCUT2D eigenvalue weighted by Gasteiger charge is 2.18. The second-order valence-corrected chi connectivity index (χ2v) is 7.26. The molecule has 0 aliphatic rings. The lowest BCUT2D eigenvalue weighted by atomic mass is 10.1. The Labute approximate surface area is 148 Å². The Hall–Kier alpha value is -2.48. The minimum atomic E-state index is -4.02. The van der Waals surface area contributed by atoms with Gasteiger partial charge in [-0.1, -0.05) is 48.0 Å². The first-order valence-electron chi connectivity index (χ1n) is 7.13. The largest absolute Gasteiger partial charge is 0.273 e. The Bertz CT molecular complexity index is 1070. The Morgan fingerprint density at radius 3 is 2.44 bits per heavy atom. The monoisotopic (exact) mass is 378 g/mol. The van der Waals surface area contributed by atoms with E-state index in [1.807, 2.05) is 22.4 Å². The lowest BCUT2D eigenvalue weighted by Crippen LogP contribution is -2.41. The fourth-order valence-corrected chi connectivity index (χ4v) is 3.30. The van der Waals surface area contributed by atoms with Crippen molar-refractivity contribution < 1.29 is 17.6 Å². The van der Waals surface area contributed by atoms with Gasteiger partial charge in [-0.2, -0.15) is 0 Å². The van der Waals surface area contributed by atoms with Gasteiger partial charge in [-0.05, 0) is 35.0 Å². The van der Waals surface area contributed by atoms with Crippen LogP contribution in [0.25, 0.3) is 10.8 Å². The molecule has 0 unspecified atom stereocenters. The quantitative estimate of drug-likeness (QED) is 0.684. The molecular weight excluding hydrogens is 367 g/mol. The molecule has 0 spiro atoms. The highest BCUT2D eigenvalue weighted by Crippen LogP contribution is 2.19. The number of rotatable bonds is 4. The van der Waals surface area contributed by atoms with Gasteiger partial charge in [-0.15, -0.1) is 4.83 Å². The number of benzene rings is 3. The zero-order chi connectivity index (χ0) is 18.0. The van der Waals surface area contributed by atoms with E-state index in [1.165, 1.54) is 30.3 Å². The molecule has 3 rings (SSSR count). The number of sulfonamides is 1. The SMILES string of the molecule is O=C(NNS(=O)(=O)c1ccc2ccccc2c1)c1cccc(Cl)c1F. The Balaban J connectivity index is 1.81. The van der Waals surface area contributed by atoms with Gasteiger partial charge in [0.2, 0.25) is 0 Å². The third-order valence-corrected chi connectivity index (χ3v) is 5.06. The molecule has 0 bridgehead atoms. The number of nitrogens with one attached hydrogen (secondary N) is 2. The summed E-state index contributed by atoms with van der Waals surface area (Å²) in [6, 6.07) is 15.7. The number of fused-ring (bicyclic) bond motifs is 1. The topological polar surface area (TPSA) is 75.3 Å². The van der Waals surface area contributed by atoms with E-state index < -0.39 is 21.7 Å². The van der Waals surface area contributed by atoms with Gasteiger partial charge in [0.25, 0.3) is 15.9 Å². The Kier molecular flexibility index (Phi) is 4.71. The molecule has 0 aliphatic heterocycles. The van der Waals surface area contributed by atoms with Crippen LogP contribution in [0.1, 0.15) is 10.4 Å². The third-order valence-electron chi connectivity index (χ3n) is 3.53. The molecule has 0 aliphatic carbocycles. The summed E-state index contributed by atoms with van der Waals surface area (Å²) in [5.74, 6) is -1.88. The van der Waals surface area contributed by atoms with Gasteiger partial charge in [-0.3, -0.25) is 10.2 Å². The van der Waals surface area contributed by atoms with E-state index in [0.717, 1.165) is 10.8 Å². The normalized spacial score (nSPS) is 11.4. The lowest BCUT2D eigenvalue weighted by Gasteiger charge is -2.10. The predicted molar refractivity (Wildman–Crippen MR) is 93.1 cm³/mol. The maximum Gasteiger partial charge on any atom is 0.269 e. The fraction of sp³-hybridized carbons (Fsp3) is 0. The average molecular weight is 379 g/mol. The van der Waals surface area contributed by atoms with E-state index in [4.69, 9.17) is 11.6 Å². The van der Waals surface area contributed by atoms with Crippen LogP contribution in [0.4, 0.5) is 4.39 Å². The van der Waals surface area contributed by atoms with Crippen molar-refractivity contribution in [3.63, 3.8) is 0 Å². The molecule has 8 heteroatoms. The molecule has 0 fully saturated rings. The molecule has 0 saturated carbocycles. The van der Waals surface area contributed by atoms with E-state index in [2.05, 4.69) is 0 Å². The predicted octanol–water partition coefficient (Wildman–Crippen LogP) is 3.26. The first kappa shape index (κ1) is 17.3. The number of hydrazine groups is 1. The first-order chi connectivity index (χ1) is 11.9. The first-order valence-corrected chi connectivity index (χ1v) is 8.99. The van der Waals surface area contributed by atoms with Crippen LogP contribution in [0.5, 0.6) is 0 Å². The van der Waals surface area contributed by atoms with Gasteiger partial charge in [0.1, 0.15) is 0 Å². The van der Waals surface area contributed by atoms with Crippen LogP contribution in [0, 0.1) is 5.82 Å². The number of amides is 1. The Morgan fingerprint density at radius 1 is 0.960 bits per heavy atom. The number of hydrogen-bond donors (Lipinski definition) is 2. The molecule has 0 aromatic heterocycles. The molecule has 1 amide bonds. The summed E-state index contributed by atoms with van der Waals surface area (Å²) in [6.07, 6.45) is 0. The summed E-state index contributed by atoms with van der Waals surface area (Å²) in [4.78, 5) is 13.9. The summed E-state index contributed by atoms with van der Waals surface area (Å²) < 4.78 is 38.4. The second kappa shape index (κ2) is 6.79. The fourth-order valence-electron chi connectivity index (χ4n) is 2.25. The van der Waals surface area contributed by atoms with Gasteiger partial charge < -0.3 is 0 Å². The molecule has 0 saturated heterocycles. The minimum Gasteiger partial charge on any atom is -0.273 e. The molecule has 128 valence electrons.